The van der Waals surface area contributed by atoms with E-state index in [0.29, 0.717) is 19.4 Å². The molecule has 1 unspecified atom stereocenters. The van der Waals surface area contributed by atoms with Gasteiger partial charge in [-0.15, -0.1) is 0 Å². The Morgan fingerprint density at radius 3 is 2.36 bits per heavy atom. The first-order chi connectivity index (χ1) is 6.42. The van der Waals surface area contributed by atoms with Gasteiger partial charge in [0.15, 0.2) is 0 Å². The molecule has 82 valence electrons. The average molecular weight is 203 g/mol. The number of nitrogens with two attached hydrogens (primary N) is 2. The van der Waals surface area contributed by atoms with Crippen LogP contribution in [0.4, 0.5) is 4.79 Å². The second kappa shape index (κ2) is 5.43. The van der Waals surface area contributed by atoms with Crippen LogP contribution in [0.25, 0.3) is 0 Å². The molecular weight excluding hydrogens is 186 g/mol. The first kappa shape index (κ1) is 12.7. The molecule has 0 aromatic heterocycles. The highest BCUT2D eigenvalue weighted by Crippen LogP contribution is 2.13. The fourth-order valence-electron chi connectivity index (χ4n) is 1.12. The summed E-state index contributed by atoms with van der Waals surface area (Å²) in [5.74, 6) is -1.09. The normalized spacial score (nSPS) is 14.4. The highest BCUT2D eigenvalue weighted by atomic mass is 16.4. The molecule has 2 amide bonds. The highest BCUT2D eigenvalue weighted by molar-refractivity contribution is 5.85. The molecule has 0 aromatic rings. The maximum absolute atomic E-state index is 10.8. The molecule has 0 aliphatic rings. The number of urea groups is 1. The van der Waals surface area contributed by atoms with Crippen LogP contribution in [0.5, 0.6) is 0 Å². The van der Waals surface area contributed by atoms with Crippen LogP contribution in [0.3, 0.4) is 0 Å². The van der Waals surface area contributed by atoms with Gasteiger partial charge >= 0.3 is 12.0 Å². The molecular formula is C8H17N3O3. The van der Waals surface area contributed by atoms with Gasteiger partial charge in [0.1, 0.15) is 5.54 Å². The molecule has 0 saturated carbocycles. The topological polar surface area (TPSA) is 118 Å². The first-order valence-electron chi connectivity index (χ1n) is 4.43. The highest BCUT2D eigenvalue weighted by Gasteiger charge is 2.33. The molecule has 0 saturated heterocycles. The Morgan fingerprint density at radius 1 is 1.43 bits per heavy atom. The van der Waals surface area contributed by atoms with Gasteiger partial charge in [0.05, 0.1) is 0 Å². The first-order valence-corrected chi connectivity index (χ1v) is 4.43. The van der Waals surface area contributed by atoms with Gasteiger partial charge in [-0.1, -0.05) is 0 Å². The van der Waals surface area contributed by atoms with Crippen LogP contribution in [0.1, 0.15) is 26.2 Å². The van der Waals surface area contributed by atoms with Crippen LogP contribution in [-0.4, -0.2) is 29.2 Å². The van der Waals surface area contributed by atoms with E-state index in [2.05, 4.69) is 5.32 Å². The number of carbonyl (C=O) groups is 2. The van der Waals surface area contributed by atoms with Crippen molar-refractivity contribution in [1.29, 1.82) is 0 Å². The number of nitrogens with one attached hydrogen (secondary N) is 1. The standard InChI is InChI=1S/C8H17N3O3/c1-8(6(12)13,11-7(10)14)4-2-3-5-9/h2-5,9H2,1H3,(H,12,13)(H3,10,11,14). The van der Waals surface area contributed by atoms with Crippen molar-refractivity contribution < 1.29 is 14.7 Å². The zero-order chi connectivity index (χ0) is 11.2. The third-order valence-electron chi connectivity index (χ3n) is 2.00. The Labute approximate surface area is 82.6 Å². The summed E-state index contributed by atoms with van der Waals surface area (Å²) in [4.78, 5) is 21.4. The summed E-state index contributed by atoms with van der Waals surface area (Å²) in [6.07, 6.45) is 1.69. The van der Waals surface area contributed by atoms with E-state index < -0.39 is 17.5 Å². The van der Waals surface area contributed by atoms with Gasteiger partial charge in [-0.25, -0.2) is 9.59 Å². The van der Waals surface area contributed by atoms with Crippen molar-refractivity contribution in [2.75, 3.05) is 6.54 Å². The van der Waals surface area contributed by atoms with Crippen molar-refractivity contribution in [3.05, 3.63) is 0 Å². The van der Waals surface area contributed by atoms with Crippen LogP contribution in [0.15, 0.2) is 0 Å². The smallest absolute Gasteiger partial charge is 0.329 e. The number of carboxylic acid groups (broad SMARTS) is 1. The van der Waals surface area contributed by atoms with E-state index in [0.717, 1.165) is 6.42 Å². The monoisotopic (exact) mass is 203 g/mol. The number of hydrogen-bond acceptors (Lipinski definition) is 3. The molecule has 0 heterocycles. The van der Waals surface area contributed by atoms with E-state index >= 15 is 0 Å². The van der Waals surface area contributed by atoms with Gasteiger partial charge in [-0.3, -0.25) is 0 Å². The van der Waals surface area contributed by atoms with Crippen molar-refractivity contribution in [3.63, 3.8) is 0 Å². The minimum atomic E-state index is -1.29. The molecule has 6 nitrogen and oxygen atoms in total. The van der Waals surface area contributed by atoms with Gasteiger partial charge in [-0.2, -0.15) is 0 Å². The predicted molar refractivity (Wildman–Crippen MR) is 51.7 cm³/mol. The fourth-order valence-corrected chi connectivity index (χ4v) is 1.12. The van der Waals surface area contributed by atoms with Gasteiger partial charge in [0, 0.05) is 0 Å². The lowest BCUT2D eigenvalue weighted by Crippen LogP contribution is -2.54. The molecule has 6 N–H and O–H groups in total. The number of rotatable bonds is 6. The number of amides is 2. The second-order valence-electron chi connectivity index (χ2n) is 3.37. The predicted octanol–water partition coefficient (Wildman–Crippen LogP) is -0.373. The molecule has 0 spiro atoms. The largest absolute Gasteiger partial charge is 0.480 e. The summed E-state index contributed by atoms with van der Waals surface area (Å²) in [5, 5.41) is 11.1. The van der Waals surface area contributed by atoms with E-state index in [1.165, 1.54) is 6.92 Å². The lowest BCUT2D eigenvalue weighted by Gasteiger charge is -2.24. The van der Waals surface area contributed by atoms with Crippen molar-refractivity contribution in [3.8, 4) is 0 Å². The van der Waals surface area contributed by atoms with Crippen LogP contribution in [0, 0.1) is 0 Å². The molecule has 1 atom stereocenters. The molecule has 0 aliphatic carbocycles. The summed E-state index contributed by atoms with van der Waals surface area (Å²) in [7, 11) is 0. The zero-order valence-electron chi connectivity index (χ0n) is 8.25. The summed E-state index contributed by atoms with van der Waals surface area (Å²) >= 11 is 0. The Bertz CT molecular complexity index is 220. The Balaban J connectivity index is 4.24. The fraction of sp³-hybridized carbons (Fsp3) is 0.750. The third-order valence-corrected chi connectivity index (χ3v) is 2.00. The van der Waals surface area contributed by atoms with Crippen molar-refractivity contribution in [1.82, 2.24) is 5.32 Å². The van der Waals surface area contributed by atoms with Crippen molar-refractivity contribution >= 4 is 12.0 Å². The Morgan fingerprint density at radius 2 is 2.00 bits per heavy atom. The molecule has 0 aromatic carbocycles. The van der Waals surface area contributed by atoms with Gasteiger partial charge < -0.3 is 21.9 Å². The Hall–Kier alpha value is -1.30. The summed E-state index contributed by atoms with van der Waals surface area (Å²) in [6, 6.07) is -0.831. The molecule has 0 fully saturated rings. The van der Waals surface area contributed by atoms with E-state index in [-0.39, 0.29) is 0 Å². The van der Waals surface area contributed by atoms with Gasteiger partial charge in [-0.05, 0) is 32.7 Å². The second-order valence-corrected chi connectivity index (χ2v) is 3.37. The van der Waals surface area contributed by atoms with Gasteiger partial charge in [0.2, 0.25) is 0 Å². The summed E-state index contributed by atoms with van der Waals surface area (Å²) in [6.45, 7) is 1.93. The van der Waals surface area contributed by atoms with Crippen molar-refractivity contribution in [2.45, 2.75) is 31.7 Å². The number of primary amides is 1. The minimum Gasteiger partial charge on any atom is -0.480 e. The number of unbranched alkanes of at least 4 members (excludes halogenated alkanes) is 1. The number of aliphatic carboxylic acids is 1. The molecule has 0 rings (SSSR count). The molecule has 0 bridgehead atoms. The number of carbonyl (C=O) groups excluding carboxylic acids is 1. The quantitative estimate of drug-likeness (QED) is 0.440. The average Bonchev–Trinajstić information content (AvgIpc) is 2.03. The maximum atomic E-state index is 10.8. The maximum Gasteiger partial charge on any atom is 0.329 e. The summed E-state index contributed by atoms with van der Waals surface area (Å²) in [5.41, 5.74) is 8.87. The summed E-state index contributed by atoms with van der Waals surface area (Å²) < 4.78 is 0. The Kier molecular flexibility index (Phi) is 4.93. The number of hydrogen-bond donors (Lipinski definition) is 4. The van der Waals surface area contributed by atoms with E-state index in [1.807, 2.05) is 0 Å². The lowest BCUT2D eigenvalue weighted by molar-refractivity contribution is -0.144. The zero-order valence-corrected chi connectivity index (χ0v) is 8.25. The van der Waals surface area contributed by atoms with Crippen molar-refractivity contribution in [2.24, 2.45) is 11.5 Å². The molecule has 6 heteroatoms. The van der Waals surface area contributed by atoms with Gasteiger partial charge in [0.25, 0.3) is 0 Å². The third kappa shape index (κ3) is 4.08. The minimum absolute atomic E-state index is 0.322. The van der Waals surface area contributed by atoms with Crippen LogP contribution >= 0.6 is 0 Å². The van der Waals surface area contributed by atoms with Crippen LogP contribution < -0.4 is 16.8 Å². The van der Waals surface area contributed by atoms with E-state index in [4.69, 9.17) is 16.6 Å². The van der Waals surface area contributed by atoms with E-state index in [1.54, 1.807) is 0 Å². The molecule has 0 aliphatic heterocycles. The lowest BCUT2D eigenvalue weighted by atomic mass is 9.95. The van der Waals surface area contributed by atoms with Crippen LogP contribution in [-0.2, 0) is 4.79 Å². The van der Waals surface area contributed by atoms with Crippen LogP contribution in [0.2, 0.25) is 0 Å². The number of carboxylic acids is 1. The van der Waals surface area contributed by atoms with E-state index in [9.17, 15) is 9.59 Å². The molecule has 0 radical (unpaired) electrons. The SMILES string of the molecule is CC(CCCCN)(NC(N)=O)C(=O)O. The molecule has 14 heavy (non-hydrogen) atoms.